The zero-order chi connectivity index (χ0) is 17.6. The van der Waals surface area contributed by atoms with Gasteiger partial charge < -0.3 is 4.74 Å². The normalized spacial score (nSPS) is 14.9. The van der Waals surface area contributed by atoms with Crippen LogP contribution < -0.4 is 4.74 Å². The molecule has 2 aromatic carbocycles. The monoisotopic (exact) mass is 339 g/mol. The van der Waals surface area contributed by atoms with Crippen molar-refractivity contribution in [3.05, 3.63) is 69.8 Å². The molecule has 0 atom stereocenters. The fourth-order valence-electron chi connectivity index (χ4n) is 3.30. The van der Waals surface area contributed by atoms with Gasteiger partial charge in [-0.25, -0.2) is 0 Å². The Morgan fingerprint density at radius 1 is 1.08 bits per heavy atom. The molecular formula is C20H21NO4. The van der Waals surface area contributed by atoms with Crippen molar-refractivity contribution in [2.24, 2.45) is 0 Å². The van der Waals surface area contributed by atoms with Crippen LogP contribution in [-0.4, -0.2) is 17.3 Å². The molecule has 25 heavy (non-hydrogen) atoms. The molecular weight excluding hydrogens is 318 g/mol. The van der Waals surface area contributed by atoms with Gasteiger partial charge in [0.25, 0.3) is 5.69 Å². The van der Waals surface area contributed by atoms with Crippen LogP contribution >= 0.6 is 0 Å². The summed E-state index contributed by atoms with van der Waals surface area (Å²) in [4.78, 5) is 22.5. The molecule has 0 unspecified atom stereocenters. The molecule has 0 radical (unpaired) electrons. The van der Waals surface area contributed by atoms with Crippen LogP contribution in [0.3, 0.4) is 0 Å². The standard InChI is InChI=1S/C20H21NO4/c22-20(14-25-19-8-4-7-18(13-19)21(23)24)17-11-9-16(10-12-17)15-5-2-1-3-6-15/h4,7-13,15H,1-3,5-6,14H2. The molecule has 5 nitrogen and oxygen atoms in total. The van der Waals surface area contributed by atoms with Crippen LogP contribution in [0.5, 0.6) is 5.75 Å². The average Bonchev–Trinajstić information content (AvgIpc) is 2.67. The first-order valence-electron chi connectivity index (χ1n) is 8.64. The molecule has 0 heterocycles. The van der Waals surface area contributed by atoms with Gasteiger partial charge in [0.15, 0.2) is 12.4 Å². The number of nitro benzene ring substituents is 1. The number of nitrogens with zero attached hydrogens (tertiary/aromatic N) is 1. The van der Waals surface area contributed by atoms with Gasteiger partial charge in [-0.1, -0.05) is 49.6 Å². The van der Waals surface area contributed by atoms with Crippen LogP contribution in [0.25, 0.3) is 0 Å². The number of carbonyl (C=O) groups excluding carboxylic acids is 1. The Bertz CT molecular complexity index is 749. The molecule has 130 valence electrons. The molecule has 1 fully saturated rings. The SMILES string of the molecule is O=C(COc1cccc([N+](=O)[O-])c1)c1ccc(C2CCCCC2)cc1. The number of Topliss-reactive ketones (excluding diaryl/α,β-unsaturated/α-hetero) is 1. The smallest absolute Gasteiger partial charge is 0.273 e. The van der Waals surface area contributed by atoms with E-state index < -0.39 is 4.92 Å². The van der Waals surface area contributed by atoms with E-state index in [9.17, 15) is 14.9 Å². The van der Waals surface area contributed by atoms with Crippen molar-refractivity contribution in [2.75, 3.05) is 6.61 Å². The number of hydrogen-bond acceptors (Lipinski definition) is 4. The van der Waals surface area contributed by atoms with Crippen LogP contribution in [0.1, 0.15) is 53.9 Å². The Labute approximate surface area is 146 Å². The summed E-state index contributed by atoms with van der Waals surface area (Å²) < 4.78 is 5.41. The molecule has 2 aromatic rings. The van der Waals surface area contributed by atoms with Gasteiger partial charge in [-0.2, -0.15) is 0 Å². The summed E-state index contributed by atoms with van der Waals surface area (Å²) in [7, 11) is 0. The first kappa shape index (κ1) is 17.1. The predicted molar refractivity (Wildman–Crippen MR) is 95.2 cm³/mol. The van der Waals surface area contributed by atoms with Gasteiger partial charge in [0.1, 0.15) is 5.75 Å². The van der Waals surface area contributed by atoms with Crippen molar-refractivity contribution in [3.63, 3.8) is 0 Å². The zero-order valence-electron chi connectivity index (χ0n) is 14.0. The lowest BCUT2D eigenvalue weighted by Gasteiger charge is -2.22. The highest BCUT2D eigenvalue weighted by Gasteiger charge is 2.16. The molecule has 0 bridgehead atoms. The summed E-state index contributed by atoms with van der Waals surface area (Å²) in [6.07, 6.45) is 6.33. The third-order valence-electron chi connectivity index (χ3n) is 4.71. The fourth-order valence-corrected chi connectivity index (χ4v) is 3.30. The van der Waals surface area contributed by atoms with E-state index in [1.54, 1.807) is 6.07 Å². The van der Waals surface area contributed by atoms with E-state index in [0.29, 0.717) is 17.2 Å². The topological polar surface area (TPSA) is 69.4 Å². The lowest BCUT2D eigenvalue weighted by atomic mass is 9.84. The Balaban J connectivity index is 1.59. The quantitative estimate of drug-likeness (QED) is 0.426. The van der Waals surface area contributed by atoms with Crippen molar-refractivity contribution in [1.29, 1.82) is 0 Å². The first-order valence-corrected chi connectivity index (χ1v) is 8.64. The molecule has 0 spiro atoms. The summed E-state index contributed by atoms with van der Waals surface area (Å²) in [5.74, 6) is 0.794. The molecule has 5 heteroatoms. The van der Waals surface area contributed by atoms with Gasteiger partial charge in [-0.3, -0.25) is 14.9 Å². The van der Waals surface area contributed by atoms with Gasteiger partial charge >= 0.3 is 0 Å². The van der Waals surface area contributed by atoms with E-state index in [0.717, 1.165) is 0 Å². The number of nitro groups is 1. The van der Waals surface area contributed by atoms with Crippen molar-refractivity contribution >= 4 is 11.5 Å². The summed E-state index contributed by atoms with van der Waals surface area (Å²) in [5, 5.41) is 10.8. The van der Waals surface area contributed by atoms with Crippen molar-refractivity contribution < 1.29 is 14.5 Å². The predicted octanol–water partition coefficient (Wildman–Crippen LogP) is 4.90. The minimum atomic E-state index is -0.487. The third-order valence-corrected chi connectivity index (χ3v) is 4.71. The number of ketones is 1. The second-order valence-electron chi connectivity index (χ2n) is 6.42. The maximum Gasteiger partial charge on any atom is 0.273 e. The number of ether oxygens (including phenoxy) is 1. The third kappa shape index (κ3) is 4.44. The fraction of sp³-hybridized carbons (Fsp3) is 0.350. The van der Waals surface area contributed by atoms with Crippen LogP contribution in [0, 0.1) is 10.1 Å². The summed E-state index contributed by atoms with van der Waals surface area (Å²) in [6, 6.07) is 13.6. The van der Waals surface area contributed by atoms with E-state index in [1.807, 2.05) is 24.3 Å². The van der Waals surface area contributed by atoms with Gasteiger partial charge in [0.05, 0.1) is 11.0 Å². The van der Waals surface area contributed by atoms with Gasteiger partial charge in [-0.05, 0) is 30.4 Å². The largest absolute Gasteiger partial charge is 0.485 e. The minimum absolute atomic E-state index is 0.0539. The Hall–Kier alpha value is -2.69. The van der Waals surface area contributed by atoms with Gasteiger partial charge in [0, 0.05) is 11.6 Å². The van der Waals surface area contributed by atoms with E-state index in [-0.39, 0.29) is 18.1 Å². The number of hydrogen-bond donors (Lipinski definition) is 0. The summed E-state index contributed by atoms with van der Waals surface area (Å²) in [5.41, 5.74) is 1.85. The molecule has 0 N–H and O–H groups in total. The minimum Gasteiger partial charge on any atom is -0.485 e. The molecule has 1 aliphatic carbocycles. The van der Waals surface area contributed by atoms with Gasteiger partial charge in [0.2, 0.25) is 0 Å². The second kappa shape index (κ2) is 7.92. The second-order valence-corrected chi connectivity index (χ2v) is 6.42. The van der Waals surface area contributed by atoms with E-state index in [4.69, 9.17) is 4.74 Å². The number of benzene rings is 2. The van der Waals surface area contributed by atoms with Gasteiger partial charge in [-0.15, -0.1) is 0 Å². The lowest BCUT2D eigenvalue weighted by molar-refractivity contribution is -0.384. The molecule has 0 aliphatic heterocycles. The van der Waals surface area contributed by atoms with Crippen LogP contribution in [-0.2, 0) is 0 Å². The molecule has 1 aliphatic rings. The highest BCUT2D eigenvalue weighted by atomic mass is 16.6. The zero-order valence-corrected chi connectivity index (χ0v) is 14.0. The maximum absolute atomic E-state index is 12.3. The molecule has 0 saturated heterocycles. The van der Waals surface area contributed by atoms with Crippen LogP contribution in [0.4, 0.5) is 5.69 Å². The number of rotatable bonds is 6. The van der Waals surface area contributed by atoms with Crippen molar-refractivity contribution in [1.82, 2.24) is 0 Å². The highest BCUT2D eigenvalue weighted by Crippen LogP contribution is 2.32. The molecule has 0 aromatic heterocycles. The lowest BCUT2D eigenvalue weighted by Crippen LogP contribution is -2.12. The molecule has 1 saturated carbocycles. The van der Waals surface area contributed by atoms with Crippen molar-refractivity contribution in [3.8, 4) is 5.75 Å². The number of non-ortho nitro benzene ring substituents is 1. The van der Waals surface area contributed by atoms with Crippen molar-refractivity contribution in [2.45, 2.75) is 38.0 Å². The Morgan fingerprint density at radius 2 is 1.80 bits per heavy atom. The first-order chi connectivity index (χ1) is 12.1. The average molecular weight is 339 g/mol. The molecule has 3 rings (SSSR count). The van der Waals surface area contributed by atoms with Crippen LogP contribution in [0.15, 0.2) is 48.5 Å². The highest BCUT2D eigenvalue weighted by molar-refractivity contribution is 5.97. The van der Waals surface area contributed by atoms with Crippen LogP contribution in [0.2, 0.25) is 0 Å². The molecule has 0 amide bonds. The Kier molecular flexibility index (Phi) is 5.43. The van der Waals surface area contributed by atoms with E-state index >= 15 is 0 Å². The number of carbonyl (C=O) groups is 1. The summed E-state index contributed by atoms with van der Waals surface area (Å²) >= 11 is 0. The van der Waals surface area contributed by atoms with E-state index in [2.05, 4.69) is 0 Å². The maximum atomic E-state index is 12.3. The van der Waals surface area contributed by atoms with E-state index in [1.165, 1.54) is 55.9 Å². The Morgan fingerprint density at radius 3 is 2.48 bits per heavy atom. The summed E-state index contributed by atoms with van der Waals surface area (Å²) in [6.45, 7) is -0.135.